The Bertz CT molecular complexity index is 560. The van der Waals surface area contributed by atoms with Gasteiger partial charge in [-0.2, -0.15) is 0 Å². The van der Waals surface area contributed by atoms with Crippen LogP contribution in [0, 0.1) is 3.57 Å². The van der Waals surface area contributed by atoms with Crippen LogP contribution in [0.4, 0.5) is 11.4 Å². The molecule has 94 valence electrons. The predicted octanol–water partition coefficient (Wildman–Crippen LogP) is 2.52. The lowest BCUT2D eigenvalue weighted by Gasteiger charge is -2.15. The zero-order chi connectivity index (χ0) is 13.1. The number of hydrogen-bond acceptors (Lipinski definition) is 5. The number of anilines is 2. The fourth-order valence-electron chi connectivity index (χ4n) is 1.37. The second kappa shape index (κ2) is 5.38. The van der Waals surface area contributed by atoms with Crippen molar-refractivity contribution in [3.8, 4) is 11.6 Å². The summed E-state index contributed by atoms with van der Waals surface area (Å²) in [6, 6.07) is 5.64. The van der Waals surface area contributed by atoms with Gasteiger partial charge in [-0.05, 0) is 34.7 Å². The van der Waals surface area contributed by atoms with Crippen LogP contribution in [0.15, 0.2) is 30.7 Å². The van der Waals surface area contributed by atoms with E-state index in [4.69, 9.17) is 10.5 Å². The van der Waals surface area contributed by atoms with Crippen LogP contribution >= 0.6 is 22.6 Å². The average Bonchev–Trinajstić information content (AvgIpc) is 2.34. The third kappa shape index (κ3) is 2.81. The van der Waals surface area contributed by atoms with Crippen LogP contribution in [0.3, 0.4) is 0 Å². The molecule has 6 heteroatoms. The predicted molar refractivity (Wildman–Crippen MR) is 80.0 cm³/mol. The normalized spacial score (nSPS) is 10.2. The molecule has 0 fully saturated rings. The van der Waals surface area contributed by atoms with Gasteiger partial charge in [-0.3, -0.25) is 0 Å². The highest BCUT2D eigenvalue weighted by Gasteiger charge is 2.08. The van der Waals surface area contributed by atoms with E-state index in [1.165, 1.54) is 6.33 Å². The quantitative estimate of drug-likeness (QED) is 0.676. The molecule has 2 N–H and O–H groups in total. The Morgan fingerprint density at radius 2 is 2.11 bits per heavy atom. The summed E-state index contributed by atoms with van der Waals surface area (Å²) in [5.74, 6) is 1.10. The van der Waals surface area contributed by atoms with Gasteiger partial charge in [-0.15, -0.1) is 0 Å². The van der Waals surface area contributed by atoms with E-state index in [1.807, 2.05) is 37.2 Å². The molecule has 1 heterocycles. The van der Waals surface area contributed by atoms with Gasteiger partial charge in [-0.25, -0.2) is 9.97 Å². The van der Waals surface area contributed by atoms with Gasteiger partial charge in [0.05, 0.1) is 9.26 Å². The van der Waals surface area contributed by atoms with Crippen molar-refractivity contribution in [3.63, 3.8) is 0 Å². The minimum Gasteiger partial charge on any atom is -0.436 e. The first-order valence-corrected chi connectivity index (χ1v) is 6.36. The Hall–Kier alpha value is -1.57. The number of nitrogens with zero attached hydrogens (tertiary/aromatic N) is 3. The lowest BCUT2D eigenvalue weighted by Crippen LogP contribution is -2.09. The van der Waals surface area contributed by atoms with E-state index in [0.29, 0.717) is 17.3 Å². The molecule has 0 aliphatic carbocycles. The molecule has 0 spiro atoms. The average molecular weight is 356 g/mol. The maximum absolute atomic E-state index is 5.90. The molecule has 0 amide bonds. The van der Waals surface area contributed by atoms with Gasteiger partial charge in [0.2, 0.25) is 5.88 Å². The van der Waals surface area contributed by atoms with Crippen molar-refractivity contribution in [2.75, 3.05) is 24.7 Å². The van der Waals surface area contributed by atoms with Gasteiger partial charge in [0.25, 0.3) is 0 Å². The molecule has 1 aromatic carbocycles. The van der Waals surface area contributed by atoms with E-state index in [2.05, 4.69) is 32.6 Å². The van der Waals surface area contributed by atoms with Crippen LogP contribution in [0.2, 0.25) is 0 Å². The summed E-state index contributed by atoms with van der Waals surface area (Å²) in [7, 11) is 3.92. The SMILES string of the molecule is CN(C)c1ccc(N)c(Oc2ncncc2I)c1. The monoisotopic (exact) mass is 356 g/mol. The highest BCUT2D eigenvalue weighted by atomic mass is 127. The van der Waals surface area contributed by atoms with Gasteiger partial charge in [0.1, 0.15) is 6.33 Å². The van der Waals surface area contributed by atoms with Crippen molar-refractivity contribution in [1.82, 2.24) is 9.97 Å². The molecule has 0 radical (unpaired) electrons. The van der Waals surface area contributed by atoms with Gasteiger partial charge < -0.3 is 15.4 Å². The van der Waals surface area contributed by atoms with Crippen molar-refractivity contribution < 1.29 is 4.74 Å². The number of rotatable bonds is 3. The van der Waals surface area contributed by atoms with Crippen LogP contribution < -0.4 is 15.4 Å². The standard InChI is InChI=1S/C12H13IN4O/c1-17(2)8-3-4-10(14)11(5-8)18-12-9(13)6-15-7-16-12/h3-7H,14H2,1-2H3. The maximum Gasteiger partial charge on any atom is 0.235 e. The van der Waals surface area contributed by atoms with Crippen LogP contribution in [-0.2, 0) is 0 Å². The Morgan fingerprint density at radius 1 is 1.33 bits per heavy atom. The van der Waals surface area contributed by atoms with Gasteiger partial charge in [0.15, 0.2) is 5.75 Å². The lowest BCUT2D eigenvalue weighted by molar-refractivity contribution is 0.460. The van der Waals surface area contributed by atoms with Gasteiger partial charge in [0, 0.05) is 32.0 Å². The summed E-state index contributed by atoms with van der Waals surface area (Å²) in [6.07, 6.45) is 3.14. The second-order valence-electron chi connectivity index (χ2n) is 3.89. The van der Waals surface area contributed by atoms with E-state index in [1.54, 1.807) is 6.20 Å². The molecule has 0 unspecified atom stereocenters. The zero-order valence-electron chi connectivity index (χ0n) is 10.1. The first kappa shape index (κ1) is 12.9. The summed E-state index contributed by atoms with van der Waals surface area (Å²) < 4.78 is 6.56. The fourth-order valence-corrected chi connectivity index (χ4v) is 1.78. The largest absolute Gasteiger partial charge is 0.436 e. The second-order valence-corrected chi connectivity index (χ2v) is 5.06. The molecule has 0 bridgehead atoms. The molecule has 5 nitrogen and oxygen atoms in total. The van der Waals surface area contributed by atoms with Crippen LogP contribution in [0.5, 0.6) is 11.6 Å². The third-order valence-corrected chi connectivity index (χ3v) is 3.09. The van der Waals surface area contributed by atoms with Crippen LogP contribution in [0.25, 0.3) is 0 Å². The first-order chi connectivity index (χ1) is 8.58. The molecule has 0 saturated carbocycles. The molecule has 1 aromatic heterocycles. The third-order valence-electron chi connectivity index (χ3n) is 2.35. The molecule has 2 aromatic rings. The molecule has 0 saturated heterocycles. The molecular formula is C12H13IN4O. The smallest absolute Gasteiger partial charge is 0.235 e. The van der Waals surface area contributed by atoms with Gasteiger partial charge >= 0.3 is 0 Å². The van der Waals surface area contributed by atoms with Crippen LogP contribution in [0.1, 0.15) is 0 Å². The molecule has 0 aliphatic rings. The number of ether oxygens (including phenoxy) is 1. The number of benzene rings is 1. The molecule has 0 aliphatic heterocycles. The molecular weight excluding hydrogens is 343 g/mol. The van der Waals surface area contributed by atoms with Gasteiger partial charge in [-0.1, -0.05) is 0 Å². The number of nitrogen functional groups attached to an aromatic ring is 1. The minimum absolute atomic E-state index is 0.508. The summed E-state index contributed by atoms with van der Waals surface area (Å²) in [6.45, 7) is 0. The first-order valence-electron chi connectivity index (χ1n) is 5.28. The number of hydrogen-bond donors (Lipinski definition) is 1. The maximum atomic E-state index is 5.90. The molecule has 18 heavy (non-hydrogen) atoms. The minimum atomic E-state index is 0.508. The fraction of sp³-hybridized carbons (Fsp3) is 0.167. The number of nitrogens with two attached hydrogens (primary N) is 1. The van der Waals surface area contributed by atoms with Crippen molar-refractivity contribution in [2.45, 2.75) is 0 Å². The van der Waals surface area contributed by atoms with Crippen molar-refractivity contribution in [3.05, 3.63) is 34.3 Å². The molecule has 0 atom stereocenters. The highest BCUT2D eigenvalue weighted by Crippen LogP contribution is 2.31. The van der Waals surface area contributed by atoms with E-state index in [-0.39, 0.29) is 0 Å². The number of halogens is 1. The molecule has 2 rings (SSSR count). The topological polar surface area (TPSA) is 64.3 Å². The van der Waals surface area contributed by atoms with Crippen molar-refractivity contribution in [1.29, 1.82) is 0 Å². The summed E-state index contributed by atoms with van der Waals surface area (Å²) in [5.41, 5.74) is 7.49. The summed E-state index contributed by atoms with van der Waals surface area (Å²) in [5, 5.41) is 0. The Labute approximate surface area is 119 Å². The van der Waals surface area contributed by atoms with Crippen LogP contribution in [-0.4, -0.2) is 24.1 Å². The van der Waals surface area contributed by atoms with E-state index >= 15 is 0 Å². The Kier molecular flexibility index (Phi) is 3.85. The van der Waals surface area contributed by atoms with Crippen molar-refractivity contribution in [2.24, 2.45) is 0 Å². The zero-order valence-corrected chi connectivity index (χ0v) is 12.2. The highest BCUT2D eigenvalue weighted by molar-refractivity contribution is 14.1. The lowest BCUT2D eigenvalue weighted by atomic mass is 10.2. The number of aromatic nitrogens is 2. The van der Waals surface area contributed by atoms with E-state index in [0.717, 1.165) is 9.26 Å². The van der Waals surface area contributed by atoms with E-state index < -0.39 is 0 Å². The Morgan fingerprint density at radius 3 is 2.78 bits per heavy atom. The van der Waals surface area contributed by atoms with E-state index in [9.17, 15) is 0 Å². The summed E-state index contributed by atoms with van der Waals surface area (Å²) in [4.78, 5) is 9.98. The van der Waals surface area contributed by atoms with Crippen molar-refractivity contribution >= 4 is 34.0 Å². The Balaban J connectivity index is 2.34. The summed E-state index contributed by atoms with van der Waals surface area (Å²) >= 11 is 2.12.